The third kappa shape index (κ3) is 5.88. The summed E-state index contributed by atoms with van der Waals surface area (Å²) in [6, 6.07) is 0.944. The summed E-state index contributed by atoms with van der Waals surface area (Å²) < 4.78 is 34.0. The van der Waals surface area contributed by atoms with Crippen molar-refractivity contribution >= 4 is 0 Å². The number of hydrogen-bond acceptors (Lipinski definition) is 5. The van der Waals surface area contributed by atoms with Gasteiger partial charge >= 0.3 is 6.61 Å². The molecule has 0 radical (unpaired) electrons. The van der Waals surface area contributed by atoms with E-state index in [4.69, 9.17) is 4.74 Å². The van der Waals surface area contributed by atoms with Crippen LogP contribution in [0.4, 0.5) is 8.78 Å². The van der Waals surface area contributed by atoms with E-state index in [1.54, 1.807) is 7.11 Å². The Morgan fingerprint density at radius 1 is 1.28 bits per heavy atom. The minimum atomic E-state index is -2.65. The van der Waals surface area contributed by atoms with Crippen LogP contribution in [0, 0.1) is 5.92 Å². The van der Waals surface area contributed by atoms with Crippen LogP contribution < -0.4 is 5.32 Å². The highest BCUT2D eigenvalue weighted by molar-refractivity contribution is 4.96. The summed E-state index contributed by atoms with van der Waals surface area (Å²) in [6.07, 6.45) is 4.30. The van der Waals surface area contributed by atoms with Gasteiger partial charge in [-0.3, -0.25) is 10.2 Å². The molecule has 0 aromatic rings. The minimum Gasteiger partial charge on any atom is -0.369 e. The summed E-state index contributed by atoms with van der Waals surface area (Å²) in [5, 5.41) is 3.26. The Hall–Kier alpha value is -0.760. The fourth-order valence-electron chi connectivity index (χ4n) is 4.10. The number of hydrogen-bond donors (Lipinski definition) is 1. The largest absolute Gasteiger partial charge is 0.369 e. The molecule has 1 atom stereocenters. The maximum absolute atomic E-state index is 12.2. The lowest BCUT2D eigenvalue weighted by atomic mass is 9.80. The van der Waals surface area contributed by atoms with Crippen LogP contribution in [-0.4, -0.2) is 68.2 Å². The molecule has 0 spiro atoms. The van der Waals surface area contributed by atoms with Crippen LogP contribution in [0.1, 0.15) is 39.5 Å². The van der Waals surface area contributed by atoms with Crippen molar-refractivity contribution in [1.29, 1.82) is 0 Å². The summed E-state index contributed by atoms with van der Waals surface area (Å²) >= 11 is 0. The first-order chi connectivity index (χ1) is 11.9. The first-order valence-electron chi connectivity index (χ1n) is 9.21. The number of allylic oxidation sites excluding steroid dienone is 1. The zero-order valence-corrected chi connectivity index (χ0v) is 15.7. The van der Waals surface area contributed by atoms with Crippen LogP contribution >= 0.6 is 0 Å². The maximum Gasteiger partial charge on any atom is 0.345 e. The van der Waals surface area contributed by atoms with Crippen molar-refractivity contribution in [3.8, 4) is 0 Å². The van der Waals surface area contributed by atoms with Gasteiger partial charge in [-0.25, -0.2) is 0 Å². The summed E-state index contributed by atoms with van der Waals surface area (Å²) in [5.41, 5.74) is 1.06. The summed E-state index contributed by atoms with van der Waals surface area (Å²) in [6.45, 7) is 8.33. The maximum atomic E-state index is 12.2. The molecule has 0 amide bonds. The van der Waals surface area contributed by atoms with E-state index in [1.165, 1.54) is 0 Å². The van der Waals surface area contributed by atoms with E-state index < -0.39 is 6.61 Å². The van der Waals surface area contributed by atoms with Crippen LogP contribution in [0.3, 0.4) is 0 Å². The third-order valence-electron chi connectivity index (χ3n) is 5.62. The van der Waals surface area contributed by atoms with E-state index in [0.29, 0.717) is 37.8 Å². The van der Waals surface area contributed by atoms with E-state index in [1.807, 2.05) is 6.92 Å². The van der Waals surface area contributed by atoms with Gasteiger partial charge in [-0.1, -0.05) is 6.58 Å². The van der Waals surface area contributed by atoms with Crippen LogP contribution in [0.2, 0.25) is 0 Å². The molecule has 2 aliphatic rings. The van der Waals surface area contributed by atoms with Gasteiger partial charge in [0.15, 0.2) is 0 Å². The molecule has 1 saturated heterocycles. The van der Waals surface area contributed by atoms with Crippen LogP contribution in [0.5, 0.6) is 0 Å². The summed E-state index contributed by atoms with van der Waals surface area (Å²) in [5.74, 6) is 0.631. The fraction of sp³-hybridized carbons (Fsp3) is 0.889. The lowest BCUT2D eigenvalue weighted by molar-refractivity contribution is -0.202. The average molecular weight is 361 g/mol. The Morgan fingerprint density at radius 2 is 1.92 bits per heavy atom. The van der Waals surface area contributed by atoms with Gasteiger partial charge in [-0.15, -0.1) is 0 Å². The van der Waals surface area contributed by atoms with Crippen LogP contribution in [0.15, 0.2) is 12.3 Å². The standard InChI is InChI=1S/C18H33F2N3O2/c1-13(2)23(11-21-12-24-4)14(3)15-5-7-16(8-6-15)22-9-17(10-22)25-18(19)20/h14-18,21H,1,5-12H2,2-4H3/t14-,15-,16-/m1/s1. The number of methoxy groups -OCH3 is 1. The van der Waals surface area contributed by atoms with E-state index >= 15 is 0 Å². The van der Waals surface area contributed by atoms with Crippen molar-refractivity contribution < 1.29 is 18.3 Å². The Kier molecular flexibility index (Phi) is 8.06. The third-order valence-corrected chi connectivity index (χ3v) is 5.62. The molecular formula is C18H33F2N3O2. The second-order valence-corrected chi connectivity index (χ2v) is 7.33. The molecule has 0 bridgehead atoms. The number of halogens is 2. The molecule has 1 saturated carbocycles. The number of alkyl halides is 2. The molecule has 0 aromatic carbocycles. The van der Waals surface area contributed by atoms with Gasteiger partial charge in [-0.2, -0.15) is 8.78 Å². The molecule has 0 aromatic heterocycles. The number of likely N-dealkylation sites (tertiary alicyclic amines) is 1. The Labute approximate surface area is 150 Å². The number of ether oxygens (including phenoxy) is 2. The van der Waals surface area contributed by atoms with Gasteiger partial charge in [0, 0.05) is 38.0 Å². The predicted octanol–water partition coefficient (Wildman–Crippen LogP) is 2.84. The molecule has 146 valence electrons. The van der Waals surface area contributed by atoms with Crippen molar-refractivity contribution in [2.45, 2.75) is 64.3 Å². The summed E-state index contributed by atoms with van der Waals surface area (Å²) in [4.78, 5) is 4.60. The molecular weight excluding hydrogens is 328 g/mol. The van der Waals surface area contributed by atoms with Gasteiger partial charge in [0.1, 0.15) is 0 Å². The predicted molar refractivity (Wildman–Crippen MR) is 94.2 cm³/mol. The second-order valence-electron chi connectivity index (χ2n) is 7.33. The van der Waals surface area contributed by atoms with Gasteiger partial charge in [0.2, 0.25) is 0 Å². The topological polar surface area (TPSA) is 37.0 Å². The minimum absolute atomic E-state index is 0.289. The summed E-state index contributed by atoms with van der Waals surface area (Å²) in [7, 11) is 1.68. The van der Waals surface area contributed by atoms with E-state index in [2.05, 4.69) is 33.4 Å². The first kappa shape index (κ1) is 20.6. The molecule has 5 nitrogen and oxygen atoms in total. The highest BCUT2D eigenvalue weighted by Crippen LogP contribution is 2.34. The molecule has 1 aliphatic carbocycles. The van der Waals surface area contributed by atoms with E-state index in [9.17, 15) is 8.78 Å². The van der Waals surface area contributed by atoms with Crippen molar-refractivity contribution in [3.05, 3.63) is 12.3 Å². The second kappa shape index (κ2) is 9.80. The smallest absolute Gasteiger partial charge is 0.345 e. The van der Waals surface area contributed by atoms with Gasteiger partial charge in [0.25, 0.3) is 0 Å². The van der Waals surface area contributed by atoms with Crippen LogP contribution in [0.25, 0.3) is 0 Å². The molecule has 1 heterocycles. The Bertz CT molecular complexity index is 411. The van der Waals surface area contributed by atoms with Gasteiger partial charge in [0.05, 0.1) is 19.5 Å². The monoisotopic (exact) mass is 361 g/mol. The average Bonchev–Trinajstić information content (AvgIpc) is 2.54. The lowest BCUT2D eigenvalue weighted by Gasteiger charge is -2.47. The van der Waals surface area contributed by atoms with Crippen molar-refractivity contribution in [1.82, 2.24) is 15.1 Å². The highest BCUT2D eigenvalue weighted by Gasteiger charge is 2.37. The van der Waals surface area contributed by atoms with Gasteiger partial charge < -0.3 is 14.4 Å². The number of nitrogens with one attached hydrogen (secondary N) is 1. The Morgan fingerprint density at radius 3 is 2.44 bits per heavy atom. The first-order valence-corrected chi connectivity index (χ1v) is 9.21. The number of rotatable bonds is 10. The van der Waals surface area contributed by atoms with E-state index in [-0.39, 0.29) is 6.10 Å². The fourth-order valence-corrected chi connectivity index (χ4v) is 4.10. The molecule has 1 N–H and O–H groups in total. The quantitative estimate of drug-likeness (QED) is 0.478. The molecule has 2 rings (SSSR count). The van der Waals surface area contributed by atoms with E-state index in [0.717, 1.165) is 38.0 Å². The molecule has 0 unspecified atom stereocenters. The van der Waals surface area contributed by atoms with Gasteiger partial charge in [-0.05, 0) is 45.4 Å². The zero-order valence-electron chi connectivity index (χ0n) is 15.7. The van der Waals surface area contributed by atoms with Crippen LogP contribution in [-0.2, 0) is 9.47 Å². The number of nitrogens with zero attached hydrogens (tertiary/aromatic N) is 2. The van der Waals surface area contributed by atoms with Crippen molar-refractivity contribution in [3.63, 3.8) is 0 Å². The molecule has 1 aliphatic heterocycles. The van der Waals surface area contributed by atoms with Crippen molar-refractivity contribution in [2.75, 3.05) is 33.6 Å². The SMILES string of the molecule is C=C(C)N(CNCOC)[C@H](C)[C@H]1CC[C@H](N2CC(OC(F)F)C2)CC1. The molecule has 7 heteroatoms. The molecule has 2 fully saturated rings. The lowest BCUT2D eigenvalue weighted by Crippen LogP contribution is -2.58. The molecule has 25 heavy (non-hydrogen) atoms. The zero-order chi connectivity index (χ0) is 18.4. The highest BCUT2D eigenvalue weighted by atomic mass is 19.3. The Balaban J connectivity index is 1.74. The normalized spacial score (nSPS) is 26.5. The van der Waals surface area contributed by atoms with Crippen molar-refractivity contribution in [2.24, 2.45) is 5.92 Å².